The monoisotopic (exact) mass is 259 g/mol. The molecular formula is C16H25N3. The number of nitrogens with one attached hydrogen (secondary N) is 2. The standard InChI is InChI=1S/C16H25N3/c1-5-6-9-12-18-16(17-4)19-14(3)15-11-8-7-10-13(15)2/h5-8,10-11,14H,9,12H2,1-4H3,(H2,17,18,19). The zero-order valence-corrected chi connectivity index (χ0v) is 12.4. The van der Waals surface area contributed by atoms with E-state index in [1.54, 1.807) is 7.05 Å². The summed E-state index contributed by atoms with van der Waals surface area (Å²) in [7, 11) is 1.80. The van der Waals surface area contributed by atoms with Gasteiger partial charge in [-0.1, -0.05) is 36.4 Å². The first kappa shape index (κ1) is 15.3. The van der Waals surface area contributed by atoms with Crippen molar-refractivity contribution in [2.45, 2.75) is 33.2 Å². The number of hydrogen-bond donors (Lipinski definition) is 2. The maximum Gasteiger partial charge on any atom is 0.191 e. The fourth-order valence-electron chi connectivity index (χ4n) is 1.99. The molecule has 3 nitrogen and oxygen atoms in total. The number of aryl methyl sites for hydroxylation is 1. The van der Waals surface area contributed by atoms with E-state index >= 15 is 0 Å². The summed E-state index contributed by atoms with van der Waals surface area (Å²) in [6.07, 6.45) is 5.22. The van der Waals surface area contributed by atoms with E-state index in [-0.39, 0.29) is 6.04 Å². The third-order valence-electron chi connectivity index (χ3n) is 3.07. The van der Waals surface area contributed by atoms with Gasteiger partial charge in [0.15, 0.2) is 5.96 Å². The highest BCUT2D eigenvalue weighted by atomic mass is 15.2. The number of allylic oxidation sites excluding steroid dienone is 1. The van der Waals surface area contributed by atoms with Gasteiger partial charge >= 0.3 is 0 Å². The normalized spacial score (nSPS) is 13.6. The van der Waals surface area contributed by atoms with Crippen LogP contribution in [-0.2, 0) is 0 Å². The van der Waals surface area contributed by atoms with Gasteiger partial charge in [-0.05, 0) is 38.3 Å². The molecule has 0 amide bonds. The van der Waals surface area contributed by atoms with Gasteiger partial charge in [0.2, 0.25) is 0 Å². The molecule has 0 radical (unpaired) electrons. The van der Waals surface area contributed by atoms with Gasteiger partial charge in [0.05, 0.1) is 6.04 Å². The van der Waals surface area contributed by atoms with Crippen molar-refractivity contribution in [2.24, 2.45) is 4.99 Å². The Bertz CT molecular complexity index is 435. The van der Waals surface area contributed by atoms with Crippen LogP contribution in [0.15, 0.2) is 41.4 Å². The molecule has 19 heavy (non-hydrogen) atoms. The molecule has 0 fully saturated rings. The molecule has 1 unspecified atom stereocenters. The Morgan fingerprint density at radius 3 is 2.74 bits per heavy atom. The molecule has 1 aromatic rings. The highest BCUT2D eigenvalue weighted by Crippen LogP contribution is 2.16. The Hall–Kier alpha value is -1.77. The Labute approximate surface area is 116 Å². The largest absolute Gasteiger partial charge is 0.356 e. The van der Waals surface area contributed by atoms with E-state index in [0.29, 0.717) is 0 Å². The summed E-state index contributed by atoms with van der Waals surface area (Å²) >= 11 is 0. The van der Waals surface area contributed by atoms with Gasteiger partial charge in [0.25, 0.3) is 0 Å². The van der Waals surface area contributed by atoms with Crippen LogP contribution in [0.4, 0.5) is 0 Å². The molecule has 1 rings (SSSR count). The van der Waals surface area contributed by atoms with Crippen molar-refractivity contribution in [3.8, 4) is 0 Å². The first-order chi connectivity index (χ1) is 9.19. The zero-order chi connectivity index (χ0) is 14.1. The summed E-state index contributed by atoms with van der Waals surface area (Å²) in [6.45, 7) is 7.22. The molecule has 0 saturated heterocycles. The number of nitrogens with zero attached hydrogens (tertiary/aromatic N) is 1. The number of hydrogen-bond acceptors (Lipinski definition) is 1. The predicted molar refractivity (Wildman–Crippen MR) is 83.5 cm³/mol. The summed E-state index contributed by atoms with van der Waals surface area (Å²) in [4.78, 5) is 4.25. The van der Waals surface area contributed by atoms with Gasteiger partial charge in [-0.2, -0.15) is 0 Å². The number of benzene rings is 1. The van der Waals surface area contributed by atoms with Crippen molar-refractivity contribution < 1.29 is 0 Å². The van der Waals surface area contributed by atoms with Crippen molar-refractivity contribution in [2.75, 3.05) is 13.6 Å². The second-order valence-electron chi connectivity index (χ2n) is 4.58. The van der Waals surface area contributed by atoms with Crippen LogP contribution >= 0.6 is 0 Å². The van der Waals surface area contributed by atoms with Crippen molar-refractivity contribution in [3.05, 3.63) is 47.5 Å². The first-order valence-electron chi connectivity index (χ1n) is 6.83. The maximum atomic E-state index is 4.25. The number of rotatable bonds is 5. The van der Waals surface area contributed by atoms with Crippen LogP contribution in [0.25, 0.3) is 0 Å². The van der Waals surface area contributed by atoms with Gasteiger partial charge in [0.1, 0.15) is 0 Å². The van der Waals surface area contributed by atoms with Crippen LogP contribution in [-0.4, -0.2) is 19.6 Å². The molecular weight excluding hydrogens is 234 g/mol. The molecule has 0 aliphatic rings. The van der Waals surface area contributed by atoms with Crippen molar-refractivity contribution >= 4 is 5.96 Å². The summed E-state index contributed by atoms with van der Waals surface area (Å²) in [6, 6.07) is 8.67. The third-order valence-corrected chi connectivity index (χ3v) is 3.07. The molecule has 0 bridgehead atoms. The molecule has 104 valence electrons. The zero-order valence-electron chi connectivity index (χ0n) is 12.4. The summed E-state index contributed by atoms with van der Waals surface area (Å²) in [5.41, 5.74) is 2.60. The quantitative estimate of drug-likeness (QED) is 0.369. The Morgan fingerprint density at radius 1 is 1.37 bits per heavy atom. The Balaban J connectivity index is 2.54. The fourth-order valence-corrected chi connectivity index (χ4v) is 1.99. The van der Waals surface area contributed by atoms with Gasteiger partial charge < -0.3 is 10.6 Å². The average molecular weight is 259 g/mol. The number of aliphatic imine (C=N–C) groups is 1. The maximum absolute atomic E-state index is 4.25. The van der Waals surface area contributed by atoms with Crippen molar-refractivity contribution in [3.63, 3.8) is 0 Å². The van der Waals surface area contributed by atoms with E-state index in [1.165, 1.54) is 11.1 Å². The summed E-state index contributed by atoms with van der Waals surface area (Å²) in [5.74, 6) is 0.847. The Kier molecular flexibility index (Phi) is 6.72. The van der Waals surface area contributed by atoms with E-state index in [0.717, 1.165) is 18.9 Å². The lowest BCUT2D eigenvalue weighted by Gasteiger charge is -2.19. The smallest absolute Gasteiger partial charge is 0.191 e. The Morgan fingerprint density at radius 2 is 2.11 bits per heavy atom. The van der Waals surface area contributed by atoms with Crippen LogP contribution in [0.3, 0.4) is 0 Å². The van der Waals surface area contributed by atoms with Crippen LogP contribution in [0, 0.1) is 6.92 Å². The second kappa shape index (κ2) is 8.35. The lowest BCUT2D eigenvalue weighted by molar-refractivity contribution is 0.682. The molecule has 2 N–H and O–H groups in total. The molecule has 0 spiro atoms. The molecule has 1 atom stereocenters. The molecule has 0 aromatic heterocycles. The van der Waals surface area contributed by atoms with Crippen LogP contribution in [0.5, 0.6) is 0 Å². The van der Waals surface area contributed by atoms with Gasteiger partial charge in [0, 0.05) is 13.6 Å². The molecule has 0 aliphatic carbocycles. The lowest BCUT2D eigenvalue weighted by atomic mass is 10.0. The molecule has 0 heterocycles. The van der Waals surface area contributed by atoms with E-state index in [2.05, 4.69) is 65.9 Å². The van der Waals surface area contributed by atoms with Crippen LogP contribution in [0.1, 0.15) is 37.4 Å². The van der Waals surface area contributed by atoms with E-state index in [1.807, 2.05) is 6.92 Å². The molecule has 3 heteroatoms. The van der Waals surface area contributed by atoms with Crippen LogP contribution in [0.2, 0.25) is 0 Å². The van der Waals surface area contributed by atoms with E-state index < -0.39 is 0 Å². The first-order valence-corrected chi connectivity index (χ1v) is 6.83. The molecule has 0 aliphatic heterocycles. The predicted octanol–water partition coefficient (Wildman–Crippen LogP) is 3.19. The fraction of sp³-hybridized carbons (Fsp3) is 0.438. The van der Waals surface area contributed by atoms with E-state index in [9.17, 15) is 0 Å². The second-order valence-corrected chi connectivity index (χ2v) is 4.58. The van der Waals surface area contributed by atoms with Crippen molar-refractivity contribution in [1.82, 2.24) is 10.6 Å². The summed E-state index contributed by atoms with van der Waals surface area (Å²) < 4.78 is 0. The van der Waals surface area contributed by atoms with Gasteiger partial charge in [-0.3, -0.25) is 4.99 Å². The van der Waals surface area contributed by atoms with Gasteiger partial charge in [-0.15, -0.1) is 0 Å². The summed E-state index contributed by atoms with van der Waals surface area (Å²) in [5, 5.41) is 6.73. The highest BCUT2D eigenvalue weighted by Gasteiger charge is 2.09. The minimum absolute atomic E-state index is 0.245. The lowest BCUT2D eigenvalue weighted by Crippen LogP contribution is -2.39. The molecule has 0 saturated carbocycles. The highest BCUT2D eigenvalue weighted by molar-refractivity contribution is 5.80. The SMILES string of the molecule is CC=CCCNC(=NC)NC(C)c1ccccc1C. The van der Waals surface area contributed by atoms with Crippen molar-refractivity contribution in [1.29, 1.82) is 0 Å². The average Bonchev–Trinajstić information content (AvgIpc) is 2.42. The minimum Gasteiger partial charge on any atom is -0.356 e. The minimum atomic E-state index is 0.245. The topological polar surface area (TPSA) is 36.4 Å². The van der Waals surface area contributed by atoms with Crippen LogP contribution < -0.4 is 10.6 Å². The number of guanidine groups is 1. The van der Waals surface area contributed by atoms with E-state index in [4.69, 9.17) is 0 Å². The third kappa shape index (κ3) is 5.16. The van der Waals surface area contributed by atoms with Gasteiger partial charge in [-0.25, -0.2) is 0 Å². The molecule has 1 aromatic carbocycles.